The number of carbonyl (C=O) groups excluding carboxylic acids is 2. The molecule has 0 fully saturated rings. The van der Waals surface area contributed by atoms with Gasteiger partial charge in [-0.1, -0.05) is 29.8 Å². The van der Waals surface area contributed by atoms with Crippen LogP contribution >= 0.6 is 11.3 Å². The third kappa shape index (κ3) is 3.21. The second-order valence-electron chi connectivity index (χ2n) is 4.50. The fourth-order valence-electron chi connectivity index (χ4n) is 1.55. The lowest BCUT2D eigenvalue weighted by molar-refractivity contribution is -0.119. The van der Waals surface area contributed by atoms with Gasteiger partial charge in [-0.05, 0) is 13.8 Å². The van der Waals surface area contributed by atoms with E-state index in [9.17, 15) is 9.59 Å². The summed E-state index contributed by atoms with van der Waals surface area (Å²) in [6.07, 6.45) is 0. The van der Waals surface area contributed by atoms with E-state index in [1.54, 1.807) is 5.38 Å². The Kier molecular flexibility index (Phi) is 4.14. The van der Waals surface area contributed by atoms with Crippen LogP contribution < -0.4 is 11.1 Å². The lowest BCUT2D eigenvalue weighted by atomic mass is 10.2. The minimum Gasteiger partial charge on any atom is -0.368 e. The van der Waals surface area contributed by atoms with Crippen LogP contribution in [0, 0.1) is 6.92 Å². The van der Waals surface area contributed by atoms with Crippen LogP contribution in [0.15, 0.2) is 29.6 Å². The highest BCUT2D eigenvalue weighted by molar-refractivity contribution is 7.13. The number of nitrogens with two attached hydrogens (primary N) is 1. The summed E-state index contributed by atoms with van der Waals surface area (Å²) in [4.78, 5) is 27.1. The van der Waals surface area contributed by atoms with Gasteiger partial charge in [0.25, 0.3) is 5.91 Å². The Morgan fingerprint density at radius 1 is 1.30 bits per heavy atom. The molecule has 3 N–H and O–H groups in total. The van der Waals surface area contributed by atoms with Gasteiger partial charge >= 0.3 is 0 Å². The summed E-state index contributed by atoms with van der Waals surface area (Å²) in [5.74, 6) is -0.974. The van der Waals surface area contributed by atoms with E-state index < -0.39 is 17.9 Å². The first kappa shape index (κ1) is 14.2. The molecule has 0 aliphatic rings. The van der Waals surface area contributed by atoms with Crippen molar-refractivity contribution in [3.05, 3.63) is 40.9 Å². The largest absolute Gasteiger partial charge is 0.368 e. The molecule has 1 unspecified atom stereocenters. The number of aryl methyl sites for hydroxylation is 1. The lowest BCUT2D eigenvalue weighted by Crippen LogP contribution is -2.42. The maximum atomic E-state index is 11.9. The number of hydrogen-bond acceptors (Lipinski definition) is 4. The molecule has 6 heteroatoms. The minimum absolute atomic E-state index is 0.290. The number of benzene rings is 1. The molecular formula is C14H15N3O2S. The molecule has 0 saturated heterocycles. The van der Waals surface area contributed by atoms with Crippen molar-refractivity contribution in [3.63, 3.8) is 0 Å². The fourth-order valence-corrected chi connectivity index (χ4v) is 2.35. The van der Waals surface area contributed by atoms with Crippen molar-refractivity contribution in [1.82, 2.24) is 10.3 Å². The number of amides is 2. The number of rotatable bonds is 4. The maximum absolute atomic E-state index is 11.9. The second-order valence-corrected chi connectivity index (χ2v) is 5.36. The molecule has 2 amide bonds. The molecular weight excluding hydrogens is 274 g/mol. The summed E-state index contributed by atoms with van der Waals surface area (Å²) in [5.41, 5.74) is 7.52. The molecule has 104 valence electrons. The molecule has 1 aromatic heterocycles. The predicted molar refractivity (Wildman–Crippen MR) is 78.4 cm³/mol. The fraction of sp³-hybridized carbons (Fsp3) is 0.214. The maximum Gasteiger partial charge on any atom is 0.271 e. The number of primary amides is 1. The van der Waals surface area contributed by atoms with E-state index in [2.05, 4.69) is 10.3 Å². The number of nitrogens with zero attached hydrogens (tertiary/aromatic N) is 1. The molecule has 1 heterocycles. The number of aromatic nitrogens is 1. The average molecular weight is 289 g/mol. The van der Waals surface area contributed by atoms with Crippen LogP contribution in [0.1, 0.15) is 23.0 Å². The van der Waals surface area contributed by atoms with E-state index >= 15 is 0 Å². The van der Waals surface area contributed by atoms with Crippen molar-refractivity contribution in [2.45, 2.75) is 19.9 Å². The van der Waals surface area contributed by atoms with E-state index in [0.29, 0.717) is 5.69 Å². The van der Waals surface area contributed by atoms with Crippen molar-refractivity contribution in [2.24, 2.45) is 5.73 Å². The van der Waals surface area contributed by atoms with Gasteiger partial charge in [0.2, 0.25) is 5.91 Å². The highest BCUT2D eigenvalue weighted by atomic mass is 32.1. The van der Waals surface area contributed by atoms with Gasteiger partial charge in [-0.3, -0.25) is 9.59 Å². The van der Waals surface area contributed by atoms with Gasteiger partial charge in [0, 0.05) is 10.9 Å². The Balaban J connectivity index is 2.14. The molecule has 0 aliphatic heterocycles. The summed E-state index contributed by atoms with van der Waals surface area (Å²) in [6.45, 7) is 3.54. The summed E-state index contributed by atoms with van der Waals surface area (Å²) in [5, 5.41) is 4.93. The Bertz CT molecular complexity index is 634. The molecule has 0 aliphatic carbocycles. The Morgan fingerprint density at radius 2 is 1.95 bits per heavy atom. The normalized spacial score (nSPS) is 11.9. The van der Waals surface area contributed by atoms with Crippen molar-refractivity contribution >= 4 is 23.2 Å². The highest BCUT2D eigenvalue weighted by Gasteiger charge is 2.16. The minimum atomic E-state index is -0.716. The van der Waals surface area contributed by atoms with Crippen molar-refractivity contribution < 1.29 is 9.59 Å². The van der Waals surface area contributed by atoms with Crippen LogP contribution in [0.25, 0.3) is 10.6 Å². The molecule has 0 spiro atoms. The zero-order valence-electron chi connectivity index (χ0n) is 11.2. The van der Waals surface area contributed by atoms with E-state index in [4.69, 9.17) is 5.73 Å². The van der Waals surface area contributed by atoms with Gasteiger partial charge in [0.05, 0.1) is 0 Å². The van der Waals surface area contributed by atoms with E-state index in [-0.39, 0.29) is 0 Å². The SMILES string of the molecule is Cc1ccc(-c2nc(C(=O)NC(C)C(N)=O)cs2)cc1. The topological polar surface area (TPSA) is 85.1 Å². The van der Waals surface area contributed by atoms with Gasteiger partial charge in [-0.15, -0.1) is 11.3 Å². The molecule has 1 atom stereocenters. The van der Waals surface area contributed by atoms with Gasteiger partial charge in [0.15, 0.2) is 0 Å². The van der Waals surface area contributed by atoms with Gasteiger partial charge in [-0.25, -0.2) is 4.98 Å². The summed E-state index contributed by atoms with van der Waals surface area (Å²) < 4.78 is 0. The van der Waals surface area contributed by atoms with Crippen LogP contribution in [0.5, 0.6) is 0 Å². The average Bonchev–Trinajstić information content (AvgIpc) is 2.89. The Labute approximate surface area is 120 Å². The van der Waals surface area contributed by atoms with Gasteiger partial charge in [0.1, 0.15) is 16.7 Å². The Hall–Kier alpha value is -2.21. The van der Waals surface area contributed by atoms with Crippen molar-refractivity contribution in [3.8, 4) is 10.6 Å². The van der Waals surface area contributed by atoms with Crippen molar-refractivity contribution in [2.75, 3.05) is 0 Å². The summed E-state index contributed by atoms with van der Waals surface area (Å²) in [6, 6.07) is 7.19. The van der Waals surface area contributed by atoms with Crippen LogP contribution in [0.3, 0.4) is 0 Å². The molecule has 0 bridgehead atoms. The van der Waals surface area contributed by atoms with Gasteiger partial charge in [-0.2, -0.15) is 0 Å². The van der Waals surface area contributed by atoms with Crippen molar-refractivity contribution in [1.29, 1.82) is 0 Å². The number of nitrogens with one attached hydrogen (secondary N) is 1. The van der Waals surface area contributed by atoms with E-state index in [0.717, 1.165) is 10.6 Å². The first-order chi connectivity index (χ1) is 9.47. The molecule has 0 saturated carbocycles. The number of thiazole rings is 1. The van der Waals surface area contributed by atoms with Crippen LogP contribution in [-0.4, -0.2) is 22.8 Å². The zero-order chi connectivity index (χ0) is 14.7. The van der Waals surface area contributed by atoms with E-state index in [1.165, 1.54) is 23.8 Å². The molecule has 5 nitrogen and oxygen atoms in total. The molecule has 2 aromatic rings. The standard InChI is InChI=1S/C14H15N3O2S/c1-8-3-5-10(6-4-8)14-17-11(7-20-14)13(19)16-9(2)12(15)18/h3-7,9H,1-2H3,(H2,15,18)(H,16,19). The molecule has 2 rings (SSSR count). The molecule has 1 aromatic carbocycles. The highest BCUT2D eigenvalue weighted by Crippen LogP contribution is 2.23. The van der Waals surface area contributed by atoms with Crippen LogP contribution in [-0.2, 0) is 4.79 Å². The number of hydrogen-bond donors (Lipinski definition) is 2. The third-order valence-corrected chi connectivity index (χ3v) is 3.70. The number of carbonyl (C=O) groups is 2. The van der Waals surface area contributed by atoms with Crippen LogP contribution in [0.2, 0.25) is 0 Å². The summed E-state index contributed by atoms with van der Waals surface area (Å²) >= 11 is 1.38. The Morgan fingerprint density at radius 3 is 2.55 bits per heavy atom. The second kappa shape index (κ2) is 5.83. The molecule has 0 radical (unpaired) electrons. The predicted octanol–water partition coefficient (Wildman–Crippen LogP) is 1.72. The third-order valence-electron chi connectivity index (χ3n) is 2.81. The monoisotopic (exact) mass is 289 g/mol. The van der Waals surface area contributed by atoms with Gasteiger partial charge < -0.3 is 11.1 Å². The molecule has 20 heavy (non-hydrogen) atoms. The smallest absolute Gasteiger partial charge is 0.271 e. The first-order valence-electron chi connectivity index (χ1n) is 6.10. The van der Waals surface area contributed by atoms with Crippen LogP contribution in [0.4, 0.5) is 0 Å². The van der Waals surface area contributed by atoms with E-state index in [1.807, 2.05) is 31.2 Å². The summed E-state index contributed by atoms with van der Waals surface area (Å²) in [7, 11) is 0. The quantitative estimate of drug-likeness (QED) is 0.898. The zero-order valence-corrected chi connectivity index (χ0v) is 12.0. The lowest BCUT2D eigenvalue weighted by Gasteiger charge is -2.07. The first-order valence-corrected chi connectivity index (χ1v) is 6.98.